The van der Waals surface area contributed by atoms with Crippen LogP contribution < -0.4 is 5.46 Å². The summed E-state index contributed by atoms with van der Waals surface area (Å²) >= 11 is 0. The van der Waals surface area contributed by atoms with Gasteiger partial charge in [0, 0.05) is 34.4 Å². The van der Waals surface area contributed by atoms with Crippen molar-refractivity contribution in [2.45, 2.75) is 38.9 Å². The number of benzene rings is 3. The molecule has 1 aliphatic heterocycles. The highest BCUT2D eigenvalue weighted by atomic mass is 16.7. The van der Waals surface area contributed by atoms with E-state index in [1.807, 2.05) is 85.0 Å². The summed E-state index contributed by atoms with van der Waals surface area (Å²) in [5, 5.41) is 0. The Bertz CT molecular complexity index is 1590. The summed E-state index contributed by atoms with van der Waals surface area (Å²) in [5.74, 6) is 1.86. The minimum Gasteiger partial charge on any atom is -0.399 e. The molecule has 6 rings (SSSR count). The number of aromatic nitrogens is 3. The van der Waals surface area contributed by atoms with Crippen LogP contribution in [0.2, 0.25) is 0 Å². The molecule has 39 heavy (non-hydrogen) atoms. The lowest BCUT2D eigenvalue weighted by molar-refractivity contribution is 0.00578. The Morgan fingerprint density at radius 3 is 1.82 bits per heavy atom. The van der Waals surface area contributed by atoms with E-state index in [9.17, 15) is 0 Å². The van der Waals surface area contributed by atoms with Crippen molar-refractivity contribution in [1.82, 2.24) is 15.0 Å². The van der Waals surface area contributed by atoms with E-state index in [2.05, 4.69) is 52.0 Å². The molecule has 1 aliphatic carbocycles. The Morgan fingerprint density at radius 1 is 0.641 bits per heavy atom. The largest absolute Gasteiger partial charge is 0.494 e. The van der Waals surface area contributed by atoms with Crippen LogP contribution in [0.25, 0.3) is 39.7 Å². The summed E-state index contributed by atoms with van der Waals surface area (Å²) in [4.78, 5) is 14.7. The summed E-state index contributed by atoms with van der Waals surface area (Å²) in [6, 6.07) is 26.3. The lowest BCUT2D eigenvalue weighted by atomic mass is 9.79. The first kappa shape index (κ1) is 25.1. The molecule has 1 saturated heterocycles. The normalized spacial score (nSPS) is 17.1. The monoisotopic (exact) mass is 510 g/mol. The summed E-state index contributed by atoms with van der Waals surface area (Å²) in [6.07, 6.45) is 11.1. The highest BCUT2D eigenvalue weighted by molar-refractivity contribution is 6.62. The molecule has 1 aromatic heterocycles. The lowest BCUT2D eigenvalue weighted by Gasteiger charge is -2.32. The molecule has 0 N–H and O–H groups in total. The van der Waals surface area contributed by atoms with Crippen molar-refractivity contribution in [2.24, 2.45) is 0 Å². The Morgan fingerprint density at radius 2 is 1.21 bits per heavy atom. The third-order valence-corrected chi connectivity index (χ3v) is 7.52. The molecule has 4 aromatic rings. The number of hydrogen-bond acceptors (Lipinski definition) is 5. The second kappa shape index (κ2) is 9.83. The van der Waals surface area contributed by atoms with Crippen molar-refractivity contribution in [1.29, 1.82) is 0 Å². The van der Waals surface area contributed by atoms with E-state index in [4.69, 9.17) is 24.3 Å². The first-order valence-electron chi connectivity index (χ1n) is 13.1. The molecular weight excluding hydrogens is 481 g/mol. The maximum Gasteiger partial charge on any atom is 0.494 e. The fraction of sp³-hybridized carbons (Fsp3) is 0.182. The highest BCUT2D eigenvalue weighted by Crippen LogP contribution is 2.36. The zero-order chi connectivity index (χ0) is 27.0. The molecule has 0 radical (unpaired) electrons. The Labute approximate surface area is 230 Å². The minimum absolute atomic E-state index is 0.393. The van der Waals surface area contributed by atoms with E-state index in [0.29, 0.717) is 17.5 Å². The van der Waals surface area contributed by atoms with Crippen LogP contribution >= 0.6 is 0 Å². The Hall–Kier alpha value is -4.22. The topological polar surface area (TPSA) is 57.1 Å². The van der Waals surface area contributed by atoms with Gasteiger partial charge in [-0.05, 0) is 45.3 Å². The molecule has 2 aliphatic rings. The summed E-state index contributed by atoms with van der Waals surface area (Å²) < 4.78 is 12.5. The molecule has 0 bridgehead atoms. The van der Waals surface area contributed by atoms with Crippen molar-refractivity contribution in [3.63, 3.8) is 0 Å². The molecule has 0 unspecified atom stereocenters. The number of allylic oxidation sites excluding steroid dienone is 6. The molecule has 0 saturated carbocycles. The first-order valence-corrected chi connectivity index (χ1v) is 13.1. The van der Waals surface area contributed by atoms with Gasteiger partial charge in [0.25, 0.3) is 0 Å². The van der Waals surface area contributed by atoms with E-state index in [1.165, 1.54) is 0 Å². The summed E-state index contributed by atoms with van der Waals surface area (Å²) in [7, 11) is -0.421. The van der Waals surface area contributed by atoms with Crippen LogP contribution in [0.4, 0.5) is 0 Å². The second-order valence-corrected chi connectivity index (χ2v) is 10.8. The van der Waals surface area contributed by atoms with Gasteiger partial charge in [0.1, 0.15) is 12.2 Å². The van der Waals surface area contributed by atoms with Gasteiger partial charge in [-0.15, -0.1) is 0 Å². The van der Waals surface area contributed by atoms with Gasteiger partial charge in [0.15, 0.2) is 17.5 Å². The van der Waals surface area contributed by atoms with Gasteiger partial charge >= 0.3 is 7.12 Å². The van der Waals surface area contributed by atoms with Crippen molar-refractivity contribution in [2.75, 3.05) is 0 Å². The van der Waals surface area contributed by atoms with Crippen LogP contribution in [-0.2, 0) is 9.31 Å². The average molecular weight is 510 g/mol. The standard InChI is InChI=1S/C33H29BN3O2/c1-32(2)33(3,4)39-34(38-32)28-20-18-25(19-21-28)30-35-29(24-14-9-6-10-15-24)36-31(37-30)27-17-11-16-26(22-27)23-12-7-5-8-13-23/h5-7,9-22H,1-4H3/q+1. The molecule has 2 heterocycles. The van der Waals surface area contributed by atoms with Crippen LogP contribution in [0.5, 0.6) is 0 Å². The van der Waals surface area contributed by atoms with Crippen molar-refractivity contribution in [3.8, 4) is 34.2 Å². The fourth-order valence-corrected chi connectivity index (χ4v) is 4.53. The van der Waals surface area contributed by atoms with Crippen LogP contribution in [0, 0.1) is 6.08 Å². The molecule has 1 fully saturated rings. The quantitative estimate of drug-likeness (QED) is 0.227. The lowest BCUT2D eigenvalue weighted by Crippen LogP contribution is -2.41. The van der Waals surface area contributed by atoms with Gasteiger partial charge in [-0.2, -0.15) is 0 Å². The van der Waals surface area contributed by atoms with E-state index in [0.717, 1.165) is 33.3 Å². The highest BCUT2D eigenvalue weighted by Gasteiger charge is 2.51. The maximum atomic E-state index is 6.23. The van der Waals surface area contributed by atoms with Crippen molar-refractivity contribution >= 4 is 18.2 Å². The number of rotatable bonds is 5. The van der Waals surface area contributed by atoms with Crippen molar-refractivity contribution < 1.29 is 9.31 Å². The van der Waals surface area contributed by atoms with Gasteiger partial charge in [0.05, 0.1) is 22.9 Å². The van der Waals surface area contributed by atoms with Crippen molar-refractivity contribution in [3.05, 3.63) is 115 Å². The number of nitrogens with zero attached hydrogens (tertiary/aromatic N) is 3. The molecular formula is C33H29BN3O2+. The van der Waals surface area contributed by atoms with E-state index >= 15 is 0 Å². The molecule has 3 aromatic carbocycles. The molecule has 0 spiro atoms. The van der Waals surface area contributed by atoms with E-state index in [-0.39, 0.29) is 0 Å². The smallest absolute Gasteiger partial charge is 0.399 e. The van der Waals surface area contributed by atoms with E-state index < -0.39 is 18.3 Å². The SMILES string of the molecule is CC1(C)OB(c2ccc(-c3nc(-c4ccccc4)nc(-c4cccc(C5=CC=C[C+]=C5)c4)n3)cc2)OC1(C)C. The van der Waals surface area contributed by atoms with Crippen LogP contribution in [-0.4, -0.2) is 33.3 Å². The Balaban J connectivity index is 1.39. The van der Waals surface area contributed by atoms with Crippen LogP contribution in [0.3, 0.4) is 0 Å². The third-order valence-electron chi connectivity index (χ3n) is 7.52. The minimum atomic E-state index is -0.421. The number of hydrogen-bond donors (Lipinski definition) is 0. The fourth-order valence-electron chi connectivity index (χ4n) is 4.53. The summed E-state index contributed by atoms with van der Waals surface area (Å²) in [6.45, 7) is 8.24. The average Bonchev–Trinajstić information content (AvgIpc) is 3.20. The van der Waals surface area contributed by atoms with Gasteiger partial charge in [-0.1, -0.05) is 66.7 Å². The molecule has 0 atom stereocenters. The second-order valence-electron chi connectivity index (χ2n) is 10.8. The maximum absolute atomic E-state index is 6.23. The van der Waals surface area contributed by atoms with Gasteiger partial charge in [-0.25, -0.2) is 15.0 Å². The van der Waals surface area contributed by atoms with Gasteiger partial charge in [-0.3, -0.25) is 0 Å². The molecule has 0 amide bonds. The predicted molar refractivity (Wildman–Crippen MR) is 157 cm³/mol. The Kier molecular flexibility index (Phi) is 6.32. The first-order chi connectivity index (χ1) is 18.8. The zero-order valence-corrected chi connectivity index (χ0v) is 22.6. The molecule has 5 nitrogen and oxygen atoms in total. The molecule has 190 valence electrons. The predicted octanol–water partition coefficient (Wildman–Crippen LogP) is 6.48. The summed E-state index contributed by atoms with van der Waals surface area (Å²) in [5.41, 5.74) is 5.10. The van der Waals surface area contributed by atoms with Gasteiger partial charge < -0.3 is 9.31 Å². The third kappa shape index (κ3) is 4.98. The van der Waals surface area contributed by atoms with Gasteiger partial charge in [0.2, 0.25) is 0 Å². The zero-order valence-electron chi connectivity index (χ0n) is 22.6. The van der Waals surface area contributed by atoms with E-state index in [1.54, 1.807) is 0 Å². The van der Waals surface area contributed by atoms with Crippen LogP contribution in [0.15, 0.2) is 103 Å². The molecule has 6 heteroatoms. The van der Waals surface area contributed by atoms with Crippen LogP contribution in [0.1, 0.15) is 33.3 Å².